The van der Waals surface area contributed by atoms with Gasteiger partial charge >= 0.3 is 6.03 Å². The molecule has 0 aliphatic rings. The fourth-order valence-electron chi connectivity index (χ4n) is 1.46. The number of amides is 2. The second-order valence-corrected chi connectivity index (χ2v) is 5.42. The third-order valence-electron chi connectivity index (χ3n) is 2.44. The van der Waals surface area contributed by atoms with Crippen molar-refractivity contribution in [2.45, 2.75) is 19.8 Å². The molecule has 0 saturated heterocycles. The van der Waals surface area contributed by atoms with Crippen LogP contribution in [0.1, 0.15) is 22.7 Å². The predicted octanol–water partition coefficient (Wildman–Crippen LogP) is 2.17. The summed E-state index contributed by atoms with van der Waals surface area (Å²) in [5.41, 5.74) is 0. The van der Waals surface area contributed by atoms with Gasteiger partial charge in [0.05, 0.1) is 5.01 Å². The summed E-state index contributed by atoms with van der Waals surface area (Å²) in [4.78, 5) is 17.1. The highest BCUT2D eigenvalue weighted by molar-refractivity contribution is 7.11. The summed E-state index contributed by atoms with van der Waals surface area (Å²) in [5.74, 6) is 0.615. The van der Waals surface area contributed by atoms with E-state index in [9.17, 15) is 4.79 Å². The Morgan fingerprint density at radius 3 is 3.00 bits per heavy atom. The number of urea groups is 1. The van der Waals surface area contributed by atoms with Gasteiger partial charge in [-0.3, -0.25) is 5.32 Å². The summed E-state index contributed by atoms with van der Waals surface area (Å²) in [6, 6.07) is 3.10. The molecule has 100 valence electrons. The Bertz CT molecular complexity index is 542. The molecule has 0 radical (unpaired) electrons. The third-order valence-corrected chi connectivity index (χ3v) is 3.59. The zero-order valence-electron chi connectivity index (χ0n) is 10.8. The number of aryl methyl sites for hydroxylation is 1. The average molecular weight is 277 g/mol. The normalized spacial score (nSPS) is 11.9. The van der Waals surface area contributed by atoms with Crippen molar-refractivity contribution in [1.29, 1.82) is 0 Å². The van der Waals surface area contributed by atoms with E-state index in [-0.39, 0.29) is 11.9 Å². The van der Waals surface area contributed by atoms with Crippen LogP contribution in [0.15, 0.2) is 24.5 Å². The fourth-order valence-corrected chi connectivity index (χ4v) is 2.29. The van der Waals surface area contributed by atoms with Crippen LogP contribution in [-0.4, -0.2) is 27.8 Å². The molecule has 0 aromatic carbocycles. The van der Waals surface area contributed by atoms with E-state index in [4.69, 9.17) is 0 Å². The van der Waals surface area contributed by atoms with Gasteiger partial charge in [0, 0.05) is 29.7 Å². The van der Waals surface area contributed by atoms with Crippen LogP contribution in [0.2, 0.25) is 0 Å². The van der Waals surface area contributed by atoms with Gasteiger partial charge in [-0.1, -0.05) is 6.92 Å². The maximum atomic E-state index is 11.6. The summed E-state index contributed by atoms with van der Waals surface area (Å²) >= 11 is 1.65. The molecule has 2 aromatic heterocycles. The molecule has 1 atom stereocenters. The molecule has 19 heavy (non-hydrogen) atoms. The maximum Gasteiger partial charge on any atom is 0.320 e. The summed E-state index contributed by atoms with van der Waals surface area (Å²) in [6.07, 6.45) is 3.39. The number of anilines is 1. The molecule has 0 aliphatic carbocycles. The van der Waals surface area contributed by atoms with Crippen LogP contribution in [-0.2, 0) is 0 Å². The van der Waals surface area contributed by atoms with Crippen LogP contribution < -0.4 is 10.6 Å². The Hall–Kier alpha value is -2.02. The smallest absolute Gasteiger partial charge is 0.320 e. The molecule has 2 N–H and O–H groups in total. The first kappa shape index (κ1) is 13.4. The first-order valence-electron chi connectivity index (χ1n) is 5.90. The first-order chi connectivity index (χ1) is 9.15. The van der Waals surface area contributed by atoms with Gasteiger partial charge in [-0.05, 0) is 19.1 Å². The highest BCUT2D eigenvalue weighted by Crippen LogP contribution is 2.20. The minimum atomic E-state index is -0.291. The van der Waals surface area contributed by atoms with Crippen LogP contribution >= 0.6 is 11.3 Å². The van der Waals surface area contributed by atoms with Crippen molar-refractivity contribution in [2.75, 3.05) is 11.9 Å². The summed E-state index contributed by atoms with van der Waals surface area (Å²) in [6.45, 7) is 4.57. The van der Waals surface area contributed by atoms with E-state index in [2.05, 4.69) is 25.8 Å². The lowest BCUT2D eigenvalue weighted by atomic mass is 10.2. The standard InChI is InChI=1S/C12H15N5OS/c1-8(11-13-7-9(2)19-11)6-14-12(18)16-10-4-3-5-15-17-10/h3-5,7-8H,6H2,1-2H3,(H2,14,16,17,18)/t8-/m1/s1. The molecule has 0 saturated carbocycles. The second-order valence-electron chi connectivity index (χ2n) is 4.15. The number of nitrogens with one attached hydrogen (secondary N) is 2. The van der Waals surface area contributed by atoms with Crippen molar-refractivity contribution in [3.63, 3.8) is 0 Å². The van der Waals surface area contributed by atoms with Crippen LogP contribution in [0.5, 0.6) is 0 Å². The number of thiazole rings is 1. The van der Waals surface area contributed by atoms with Crippen molar-refractivity contribution in [1.82, 2.24) is 20.5 Å². The number of rotatable bonds is 4. The van der Waals surface area contributed by atoms with Crippen molar-refractivity contribution in [3.05, 3.63) is 34.4 Å². The van der Waals surface area contributed by atoms with E-state index >= 15 is 0 Å². The van der Waals surface area contributed by atoms with Gasteiger partial charge in [-0.2, -0.15) is 5.10 Å². The zero-order chi connectivity index (χ0) is 13.7. The summed E-state index contributed by atoms with van der Waals surface area (Å²) in [7, 11) is 0. The van der Waals surface area contributed by atoms with Crippen molar-refractivity contribution in [2.24, 2.45) is 0 Å². The molecule has 6 nitrogen and oxygen atoms in total. The number of carbonyl (C=O) groups is 1. The van der Waals surface area contributed by atoms with Crippen molar-refractivity contribution in [3.8, 4) is 0 Å². The second kappa shape index (κ2) is 6.24. The minimum Gasteiger partial charge on any atom is -0.337 e. The molecule has 2 heterocycles. The van der Waals surface area contributed by atoms with E-state index in [0.29, 0.717) is 12.4 Å². The van der Waals surface area contributed by atoms with Gasteiger partial charge in [-0.25, -0.2) is 9.78 Å². The molecule has 2 rings (SSSR count). The van der Waals surface area contributed by atoms with E-state index < -0.39 is 0 Å². The van der Waals surface area contributed by atoms with Gasteiger partial charge in [0.25, 0.3) is 0 Å². The van der Waals surface area contributed by atoms with Gasteiger partial charge in [0.15, 0.2) is 5.82 Å². The number of aromatic nitrogens is 3. The Morgan fingerprint density at radius 1 is 1.53 bits per heavy atom. The largest absolute Gasteiger partial charge is 0.337 e. The maximum absolute atomic E-state index is 11.6. The van der Waals surface area contributed by atoms with Crippen LogP contribution in [0.4, 0.5) is 10.6 Å². The van der Waals surface area contributed by atoms with Gasteiger partial charge in [0.1, 0.15) is 0 Å². The lowest BCUT2D eigenvalue weighted by molar-refractivity contribution is 0.251. The molecular weight excluding hydrogens is 262 g/mol. The number of carbonyl (C=O) groups excluding carboxylic acids is 1. The molecular formula is C12H15N5OS. The highest BCUT2D eigenvalue weighted by Gasteiger charge is 2.11. The van der Waals surface area contributed by atoms with Gasteiger partial charge < -0.3 is 5.32 Å². The van der Waals surface area contributed by atoms with Crippen LogP contribution in [0.3, 0.4) is 0 Å². The van der Waals surface area contributed by atoms with Crippen LogP contribution in [0, 0.1) is 6.92 Å². The first-order valence-corrected chi connectivity index (χ1v) is 6.71. The van der Waals surface area contributed by atoms with E-state index in [0.717, 1.165) is 5.01 Å². The molecule has 0 bridgehead atoms. The Balaban J connectivity index is 1.80. The molecule has 2 amide bonds. The zero-order valence-corrected chi connectivity index (χ0v) is 11.6. The number of nitrogens with zero attached hydrogens (tertiary/aromatic N) is 3. The van der Waals surface area contributed by atoms with E-state index in [1.165, 1.54) is 4.88 Å². The number of hydrogen-bond donors (Lipinski definition) is 2. The minimum absolute atomic E-state index is 0.186. The lowest BCUT2D eigenvalue weighted by Crippen LogP contribution is -2.32. The molecule has 0 unspecified atom stereocenters. The Kier molecular flexibility index (Phi) is 4.40. The van der Waals surface area contributed by atoms with Gasteiger partial charge in [-0.15, -0.1) is 16.4 Å². The summed E-state index contributed by atoms with van der Waals surface area (Å²) in [5, 5.41) is 13.9. The topological polar surface area (TPSA) is 79.8 Å². The monoisotopic (exact) mass is 277 g/mol. The third kappa shape index (κ3) is 3.99. The Labute approximate surface area is 115 Å². The molecule has 0 aliphatic heterocycles. The van der Waals surface area contributed by atoms with E-state index in [1.54, 1.807) is 29.7 Å². The quantitative estimate of drug-likeness (QED) is 0.897. The SMILES string of the molecule is Cc1cnc([C@H](C)CNC(=O)Nc2cccnn2)s1. The Morgan fingerprint density at radius 2 is 2.37 bits per heavy atom. The van der Waals surface area contributed by atoms with Gasteiger partial charge in [0.2, 0.25) is 0 Å². The van der Waals surface area contributed by atoms with Crippen LogP contribution in [0.25, 0.3) is 0 Å². The lowest BCUT2D eigenvalue weighted by Gasteiger charge is -2.10. The fraction of sp³-hybridized carbons (Fsp3) is 0.333. The highest BCUT2D eigenvalue weighted by atomic mass is 32.1. The summed E-state index contributed by atoms with van der Waals surface area (Å²) < 4.78 is 0. The molecule has 0 fully saturated rings. The van der Waals surface area contributed by atoms with E-state index in [1.807, 2.05) is 20.0 Å². The van der Waals surface area contributed by atoms with Crippen molar-refractivity contribution >= 4 is 23.2 Å². The number of hydrogen-bond acceptors (Lipinski definition) is 5. The average Bonchev–Trinajstić information content (AvgIpc) is 2.84. The molecule has 2 aromatic rings. The molecule has 7 heteroatoms. The van der Waals surface area contributed by atoms with Crippen molar-refractivity contribution < 1.29 is 4.79 Å². The predicted molar refractivity (Wildman–Crippen MR) is 74.3 cm³/mol. The molecule has 0 spiro atoms.